The van der Waals surface area contributed by atoms with Crippen LogP contribution in [0.3, 0.4) is 0 Å². The fourth-order valence-electron chi connectivity index (χ4n) is 3.72. The highest BCUT2D eigenvalue weighted by Gasteiger charge is 2.37. The Bertz CT molecular complexity index is 801. The van der Waals surface area contributed by atoms with Crippen LogP contribution in [0.5, 0.6) is 0 Å². The van der Waals surface area contributed by atoms with Crippen molar-refractivity contribution in [3.63, 3.8) is 0 Å². The number of carbonyl (C=O) groups is 1. The average molecular weight is 369 g/mol. The number of aliphatic imine (C=N–C) groups is 1. The van der Waals surface area contributed by atoms with Gasteiger partial charge in [-0.05, 0) is 79.6 Å². The second-order valence-corrected chi connectivity index (χ2v) is 8.58. The van der Waals surface area contributed by atoms with Crippen LogP contribution in [0.1, 0.15) is 65.5 Å². The van der Waals surface area contributed by atoms with Crippen molar-refractivity contribution in [1.29, 1.82) is 0 Å². The molecule has 146 valence electrons. The van der Waals surface area contributed by atoms with Crippen LogP contribution in [-0.2, 0) is 15.6 Å². The number of rotatable bonds is 6. The lowest BCUT2D eigenvalue weighted by atomic mass is 9.63. The molecule has 0 atom stereocenters. The van der Waals surface area contributed by atoms with E-state index < -0.39 is 5.97 Å². The highest BCUT2D eigenvalue weighted by molar-refractivity contribution is 5.86. The van der Waals surface area contributed by atoms with E-state index >= 15 is 0 Å². The maximum absolute atomic E-state index is 11.0. The van der Waals surface area contributed by atoms with E-state index in [4.69, 9.17) is 5.11 Å². The average Bonchev–Trinajstić information content (AvgIpc) is 2.62. The second-order valence-electron chi connectivity index (χ2n) is 8.58. The van der Waals surface area contributed by atoms with Gasteiger partial charge in [0, 0.05) is 17.8 Å². The van der Waals surface area contributed by atoms with E-state index in [0.29, 0.717) is 12.4 Å². The first-order valence-corrected chi connectivity index (χ1v) is 9.54. The molecule has 0 heterocycles. The van der Waals surface area contributed by atoms with Crippen molar-refractivity contribution in [2.24, 2.45) is 4.99 Å². The van der Waals surface area contributed by atoms with Gasteiger partial charge in [0.15, 0.2) is 0 Å². The van der Waals surface area contributed by atoms with E-state index in [0.717, 1.165) is 12.1 Å². The molecular formula is C23H32N2O2. The van der Waals surface area contributed by atoms with Crippen molar-refractivity contribution in [2.45, 2.75) is 65.2 Å². The zero-order valence-corrected chi connectivity index (χ0v) is 17.5. The zero-order chi connectivity index (χ0) is 20.4. The molecule has 4 nitrogen and oxygen atoms in total. The lowest BCUT2D eigenvalue weighted by molar-refractivity contribution is -0.132. The Labute approximate surface area is 163 Å². The summed E-state index contributed by atoms with van der Waals surface area (Å²) in [6, 6.07) is 6.65. The molecule has 0 saturated heterocycles. The molecule has 0 bridgehead atoms. The van der Waals surface area contributed by atoms with E-state index in [2.05, 4.69) is 69.4 Å². The fraction of sp³-hybridized carbons (Fsp3) is 0.478. The highest BCUT2D eigenvalue weighted by atomic mass is 16.4. The number of carboxylic acids is 1. The predicted octanol–water partition coefficient (Wildman–Crippen LogP) is 5.43. The standard InChI is InChI=1S/C23H32N2O2/c1-8-25(20(24-7)12-9-16(2)21(26)27)17-10-11-18-19(15-17)23(5,6)14-13-22(18,3)4/h9-12,15H,7-8,13-14H2,1-6H3,(H,26,27)/b16-9+,20-12+. The van der Waals surface area contributed by atoms with Gasteiger partial charge in [-0.15, -0.1) is 0 Å². The predicted molar refractivity (Wildman–Crippen MR) is 114 cm³/mol. The first kappa shape index (κ1) is 20.9. The van der Waals surface area contributed by atoms with E-state index in [9.17, 15) is 4.79 Å². The largest absolute Gasteiger partial charge is 0.478 e. The van der Waals surface area contributed by atoms with Crippen LogP contribution in [0, 0.1) is 0 Å². The van der Waals surface area contributed by atoms with Crippen LogP contribution in [0.4, 0.5) is 5.69 Å². The summed E-state index contributed by atoms with van der Waals surface area (Å²) in [6.45, 7) is 17.3. The van der Waals surface area contributed by atoms with Gasteiger partial charge in [-0.25, -0.2) is 9.79 Å². The molecule has 1 aromatic rings. The third kappa shape index (κ3) is 4.32. The van der Waals surface area contributed by atoms with Gasteiger partial charge in [-0.1, -0.05) is 33.8 Å². The van der Waals surface area contributed by atoms with E-state index in [1.807, 2.05) is 0 Å². The van der Waals surface area contributed by atoms with Gasteiger partial charge >= 0.3 is 5.97 Å². The van der Waals surface area contributed by atoms with E-state index in [1.165, 1.54) is 17.5 Å². The van der Waals surface area contributed by atoms with Crippen molar-refractivity contribution < 1.29 is 9.90 Å². The molecule has 0 aromatic heterocycles. The van der Waals surface area contributed by atoms with Gasteiger partial charge in [-0.2, -0.15) is 0 Å². The summed E-state index contributed by atoms with van der Waals surface area (Å²) in [4.78, 5) is 17.3. The number of carboxylic acid groups (broad SMARTS) is 1. The summed E-state index contributed by atoms with van der Waals surface area (Å²) < 4.78 is 0. The minimum absolute atomic E-state index is 0.131. The number of hydrogen-bond acceptors (Lipinski definition) is 3. The summed E-state index contributed by atoms with van der Waals surface area (Å²) in [5, 5.41) is 9.06. The maximum atomic E-state index is 11.0. The number of anilines is 1. The third-order valence-electron chi connectivity index (χ3n) is 5.72. The fourth-order valence-corrected chi connectivity index (χ4v) is 3.72. The minimum Gasteiger partial charge on any atom is -0.478 e. The lowest BCUT2D eigenvalue weighted by Gasteiger charge is -2.42. The summed E-state index contributed by atoms with van der Waals surface area (Å²) in [5.74, 6) is -0.290. The number of aliphatic carboxylic acids is 1. The van der Waals surface area contributed by atoms with Crippen LogP contribution >= 0.6 is 0 Å². The van der Waals surface area contributed by atoms with Gasteiger partial charge in [0.1, 0.15) is 5.82 Å². The van der Waals surface area contributed by atoms with Gasteiger partial charge < -0.3 is 10.0 Å². The Hall–Kier alpha value is -2.36. The molecule has 1 aliphatic rings. The molecule has 0 saturated carbocycles. The van der Waals surface area contributed by atoms with Crippen molar-refractivity contribution in [3.8, 4) is 0 Å². The van der Waals surface area contributed by atoms with Gasteiger partial charge in [0.2, 0.25) is 0 Å². The molecule has 0 radical (unpaired) electrons. The summed E-state index contributed by atoms with van der Waals surface area (Å²) in [7, 11) is 0. The van der Waals surface area contributed by atoms with Gasteiger partial charge in [0.25, 0.3) is 0 Å². The Morgan fingerprint density at radius 2 is 1.78 bits per heavy atom. The van der Waals surface area contributed by atoms with Crippen LogP contribution in [0.2, 0.25) is 0 Å². The lowest BCUT2D eigenvalue weighted by Crippen LogP contribution is -2.34. The molecule has 0 aliphatic heterocycles. The first-order valence-electron chi connectivity index (χ1n) is 9.54. The van der Waals surface area contributed by atoms with Crippen molar-refractivity contribution >= 4 is 18.4 Å². The molecule has 1 N–H and O–H groups in total. The van der Waals surface area contributed by atoms with Crippen LogP contribution in [0.15, 0.2) is 46.7 Å². The number of nitrogens with zero attached hydrogens (tertiary/aromatic N) is 2. The Kier molecular flexibility index (Phi) is 5.98. The smallest absolute Gasteiger partial charge is 0.331 e. The Balaban J connectivity index is 2.52. The third-order valence-corrected chi connectivity index (χ3v) is 5.72. The normalized spacial score (nSPS) is 18.6. The number of allylic oxidation sites excluding steroid dienone is 2. The SMILES string of the molecule is C=N/C(=C\C=C(/C)C(=O)O)N(CC)c1ccc2c(c1)C(C)(C)CCC2(C)C. The van der Waals surface area contributed by atoms with Crippen LogP contribution in [-0.4, -0.2) is 24.3 Å². The molecular weight excluding hydrogens is 336 g/mol. The zero-order valence-electron chi connectivity index (χ0n) is 17.5. The molecule has 0 unspecified atom stereocenters. The summed E-state index contributed by atoms with van der Waals surface area (Å²) in [5.41, 5.74) is 4.43. The maximum Gasteiger partial charge on any atom is 0.331 e. The number of fused-ring (bicyclic) bond motifs is 1. The topological polar surface area (TPSA) is 52.9 Å². The summed E-state index contributed by atoms with van der Waals surface area (Å²) >= 11 is 0. The Morgan fingerprint density at radius 1 is 1.19 bits per heavy atom. The first-order chi connectivity index (χ1) is 12.5. The monoisotopic (exact) mass is 368 g/mol. The van der Waals surface area contributed by atoms with Crippen molar-refractivity contribution in [2.75, 3.05) is 11.4 Å². The Morgan fingerprint density at radius 3 is 2.30 bits per heavy atom. The quantitative estimate of drug-likeness (QED) is 0.413. The van der Waals surface area contributed by atoms with Crippen LogP contribution in [0.25, 0.3) is 0 Å². The highest BCUT2D eigenvalue weighted by Crippen LogP contribution is 2.46. The van der Waals surface area contributed by atoms with Crippen molar-refractivity contribution in [3.05, 3.63) is 52.9 Å². The molecule has 0 fully saturated rings. The number of hydrogen-bond donors (Lipinski definition) is 1. The van der Waals surface area contributed by atoms with Crippen LogP contribution < -0.4 is 4.90 Å². The van der Waals surface area contributed by atoms with E-state index in [-0.39, 0.29) is 16.4 Å². The van der Waals surface area contributed by atoms with Gasteiger partial charge in [0.05, 0.1) is 0 Å². The van der Waals surface area contributed by atoms with E-state index in [1.54, 1.807) is 19.1 Å². The molecule has 1 aromatic carbocycles. The minimum atomic E-state index is -0.935. The molecule has 1 aliphatic carbocycles. The van der Waals surface area contributed by atoms with Crippen molar-refractivity contribution in [1.82, 2.24) is 0 Å². The molecule has 27 heavy (non-hydrogen) atoms. The molecule has 0 spiro atoms. The second kappa shape index (κ2) is 7.71. The number of benzene rings is 1. The molecule has 2 rings (SSSR count). The molecule has 0 amide bonds. The molecule has 4 heteroatoms. The van der Waals surface area contributed by atoms with Gasteiger partial charge in [-0.3, -0.25) is 0 Å². The summed E-state index contributed by atoms with van der Waals surface area (Å²) in [6.07, 6.45) is 5.63.